The third-order valence-corrected chi connectivity index (χ3v) is 7.04. The summed E-state index contributed by atoms with van der Waals surface area (Å²) in [5.74, 6) is -1.61. The molecule has 2 rings (SSSR count). The van der Waals surface area contributed by atoms with Crippen LogP contribution in [0.25, 0.3) is 10.9 Å². The maximum atomic E-state index is 13.7. The lowest BCUT2D eigenvalue weighted by atomic mass is 9.76. The number of hydrogen-bond acceptors (Lipinski definition) is 5. The summed E-state index contributed by atoms with van der Waals surface area (Å²) >= 11 is 0. The fourth-order valence-electron chi connectivity index (χ4n) is 4.59. The number of nitrogens with zero attached hydrogens (tertiary/aromatic N) is 2. The Morgan fingerprint density at radius 2 is 1.70 bits per heavy atom. The largest absolute Gasteiger partial charge is 0.478 e. The molecule has 0 fully saturated rings. The van der Waals surface area contributed by atoms with Crippen LogP contribution in [-0.2, 0) is 33.4 Å². The number of carbonyl (C=O) groups excluding carboxylic acids is 2. The normalized spacial score (nSPS) is 13.8. The number of fused-ring (bicyclic) bond motifs is 1. The molecule has 2 atom stereocenters. The average molecular weight is 558 g/mol. The molecule has 40 heavy (non-hydrogen) atoms. The molecule has 1 aromatic heterocycles. The van der Waals surface area contributed by atoms with Crippen LogP contribution >= 0.6 is 0 Å². The fraction of sp³-hybridized carbons (Fsp3) is 0.581. The summed E-state index contributed by atoms with van der Waals surface area (Å²) in [6.07, 6.45) is 4.78. The Kier molecular flexibility index (Phi) is 12.6. The van der Waals surface area contributed by atoms with Crippen molar-refractivity contribution in [3.05, 3.63) is 47.2 Å². The van der Waals surface area contributed by atoms with Gasteiger partial charge in [0.05, 0.1) is 6.04 Å². The van der Waals surface area contributed by atoms with E-state index in [0.717, 1.165) is 22.0 Å². The molecule has 9 heteroatoms. The number of hydrogen-bond donors (Lipinski definition) is 4. The van der Waals surface area contributed by atoms with Gasteiger partial charge in [-0.15, -0.1) is 0 Å². The van der Waals surface area contributed by atoms with Crippen LogP contribution in [0.15, 0.2) is 36.0 Å². The smallest absolute Gasteiger partial charge is 0.331 e. The number of nitrogens with two attached hydrogens (primary N) is 1. The molecule has 0 saturated heterocycles. The summed E-state index contributed by atoms with van der Waals surface area (Å²) in [6.45, 7) is 16.0. The minimum atomic E-state index is -1.03. The van der Waals surface area contributed by atoms with Crippen LogP contribution in [0.1, 0.15) is 72.9 Å². The van der Waals surface area contributed by atoms with E-state index >= 15 is 0 Å². The Labute approximate surface area is 240 Å². The second-order valence-corrected chi connectivity index (χ2v) is 12.1. The minimum absolute atomic E-state index is 0.126. The zero-order valence-corrected chi connectivity index (χ0v) is 26.3. The van der Waals surface area contributed by atoms with Crippen molar-refractivity contribution in [3.63, 3.8) is 0 Å². The van der Waals surface area contributed by atoms with E-state index in [9.17, 15) is 14.4 Å². The van der Waals surface area contributed by atoms with Crippen LogP contribution in [0.2, 0.25) is 0 Å². The van der Waals surface area contributed by atoms with Crippen molar-refractivity contribution in [2.75, 3.05) is 20.6 Å². The van der Waals surface area contributed by atoms with Gasteiger partial charge in [0, 0.05) is 55.3 Å². The number of aromatic nitrogens is 1. The molecule has 1 aromatic carbocycles. The lowest BCUT2D eigenvalue weighted by Crippen LogP contribution is -2.60. The standard InChI is InChI=1S/C28H43N5O4.C3H8/c1-17(26(36)37)12-13-32(8)25(35)23(27(2,3)4)31-24(34)22(30-7)28(5,6)20-16-33(9)21-14-18(15-29)10-11-19(20)21;1-3-2/h10-12,14,16,22-23,30H,13,15,29H2,1-9H3,(H,31,34)(H,36,37);3H2,1-2H3/b17-12+;. The van der Waals surface area contributed by atoms with Gasteiger partial charge in [0.1, 0.15) is 6.04 Å². The second kappa shape index (κ2) is 14.5. The molecule has 0 aliphatic rings. The zero-order chi connectivity index (χ0) is 31.0. The quantitative estimate of drug-likeness (QED) is 0.328. The van der Waals surface area contributed by atoms with Gasteiger partial charge in [0.15, 0.2) is 0 Å². The molecule has 0 saturated carbocycles. The van der Waals surface area contributed by atoms with E-state index in [1.807, 2.05) is 64.6 Å². The molecule has 0 aliphatic heterocycles. The first-order valence-corrected chi connectivity index (χ1v) is 13.9. The van der Waals surface area contributed by atoms with Crippen LogP contribution in [0.4, 0.5) is 0 Å². The fourth-order valence-corrected chi connectivity index (χ4v) is 4.59. The van der Waals surface area contributed by atoms with Gasteiger partial charge in [-0.05, 0) is 36.6 Å². The van der Waals surface area contributed by atoms with E-state index in [0.29, 0.717) is 6.54 Å². The highest BCUT2D eigenvalue weighted by atomic mass is 16.4. The number of aliphatic carboxylic acids is 1. The van der Waals surface area contributed by atoms with Gasteiger partial charge in [-0.3, -0.25) is 9.59 Å². The van der Waals surface area contributed by atoms with E-state index < -0.39 is 28.9 Å². The molecule has 0 radical (unpaired) electrons. The molecule has 2 unspecified atom stereocenters. The van der Waals surface area contributed by atoms with Crippen LogP contribution in [0, 0.1) is 5.41 Å². The second-order valence-electron chi connectivity index (χ2n) is 12.1. The minimum Gasteiger partial charge on any atom is -0.478 e. The van der Waals surface area contributed by atoms with Crippen molar-refractivity contribution in [2.24, 2.45) is 18.2 Å². The first kappa shape index (κ1) is 34.9. The number of nitrogens with one attached hydrogen (secondary N) is 2. The van der Waals surface area contributed by atoms with Gasteiger partial charge in [-0.25, -0.2) is 4.79 Å². The topological polar surface area (TPSA) is 130 Å². The van der Waals surface area contributed by atoms with Crippen molar-refractivity contribution < 1.29 is 19.5 Å². The summed E-state index contributed by atoms with van der Waals surface area (Å²) in [7, 11) is 5.31. The van der Waals surface area contributed by atoms with E-state index in [4.69, 9.17) is 10.8 Å². The predicted molar refractivity (Wildman–Crippen MR) is 163 cm³/mol. The molecule has 224 valence electrons. The molecular weight excluding hydrogens is 506 g/mol. The molecule has 2 amide bonds. The molecule has 0 aliphatic carbocycles. The number of amides is 2. The SMILES string of the molecule is CCC.CNC(C(=O)NC(C(=O)N(C)C/C=C(\C)C(=O)O)C(C)(C)C)C(C)(C)c1cn(C)c2cc(CN)ccc12. The van der Waals surface area contributed by atoms with Crippen LogP contribution < -0.4 is 16.4 Å². The number of aryl methyl sites for hydroxylation is 1. The van der Waals surface area contributed by atoms with Gasteiger partial charge in [-0.1, -0.05) is 73.1 Å². The summed E-state index contributed by atoms with van der Waals surface area (Å²) in [4.78, 5) is 39.6. The Balaban J connectivity index is 0.00000254. The van der Waals surface area contributed by atoms with E-state index in [1.54, 1.807) is 14.1 Å². The van der Waals surface area contributed by atoms with E-state index in [-0.39, 0.29) is 23.9 Å². The molecule has 9 nitrogen and oxygen atoms in total. The van der Waals surface area contributed by atoms with Crippen LogP contribution in [-0.4, -0.2) is 65.1 Å². The van der Waals surface area contributed by atoms with Crippen LogP contribution in [0.3, 0.4) is 0 Å². The molecule has 2 aromatic rings. The third-order valence-electron chi connectivity index (χ3n) is 7.04. The first-order valence-electron chi connectivity index (χ1n) is 13.9. The van der Waals surface area contributed by atoms with Gasteiger partial charge >= 0.3 is 5.97 Å². The molecule has 5 N–H and O–H groups in total. The average Bonchev–Trinajstić information content (AvgIpc) is 3.21. The number of likely N-dealkylation sites (N-methyl/N-ethyl adjacent to an activating group) is 2. The molecule has 0 spiro atoms. The van der Waals surface area contributed by atoms with Gasteiger partial charge < -0.3 is 30.9 Å². The highest BCUT2D eigenvalue weighted by Crippen LogP contribution is 2.35. The zero-order valence-electron chi connectivity index (χ0n) is 26.3. The van der Waals surface area contributed by atoms with E-state index in [1.165, 1.54) is 24.3 Å². The lowest BCUT2D eigenvalue weighted by molar-refractivity contribution is -0.139. The molecule has 1 heterocycles. The highest BCUT2D eigenvalue weighted by molar-refractivity contribution is 5.93. The number of benzene rings is 1. The van der Waals surface area contributed by atoms with Gasteiger partial charge in [0.25, 0.3) is 0 Å². The Hall–Kier alpha value is -3.17. The number of carbonyl (C=O) groups is 3. The van der Waals surface area contributed by atoms with E-state index in [2.05, 4.69) is 30.5 Å². The number of rotatable bonds is 10. The Morgan fingerprint density at radius 1 is 1.12 bits per heavy atom. The number of carboxylic acid groups (broad SMARTS) is 1. The molecule has 0 bridgehead atoms. The number of carboxylic acids is 1. The van der Waals surface area contributed by atoms with Gasteiger partial charge in [-0.2, -0.15) is 0 Å². The first-order chi connectivity index (χ1) is 18.5. The van der Waals surface area contributed by atoms with Crippen molar-refractivity contribution >= 4 is 28.7 Å². The Bertz CT molecular complexity index is 1210. The van der Waals surface area contributed by atoms with Gasteiger partial charge in [0.2, 0.25) is 11.8 Å². The maximum absolute atomic E-state index is 13.7. The van der Waals surface area contributed by atoms with Crippen molar-refractivity contribution in [1.29, 1.82) is 0 Å². The lowest BCUT2D eigenvalue weighted by Gasteiger charge is -2.38. The Morgan fingerprint density at radius 3 is 2.17 bits per heavy atom. The molecular formula is C31H51N5O4. The predicted octanol–water partition coefficient (Wildman–Crippen LogP) is 3.94. The summed E-state index contributed by atoms with van der Waals surface area (Å²) in [5, 5.41) is 16.3. The highest BCUT2D eigenvalue weighted by Gasteiger charge is 2.41. The van der Waals surface area contributed by atoms with Crippen molar-refractivity contribution in [2.45, 2.75) is 85.9 Å². The summed E-state index contributed by atoms with van der Waals surface area (Å²) < 4.78 is 2.04. The summed E-state index contributed by atoms with van der Waals surface area (Å²) in [5.41, 5.74) is 7.87. The van der Waals surface area contributed by atoms with Crippen molar-refractivity contribution in [3.8, 4) is 0 Å². The van der Waals surface area contributed by atoms with Crippen molar-refractivity contribution in [1.82, 2.24) is 20.1 Å². The van der Waals surface area contributed by atoms with Crippen LogP contribution in [0.5, 0.6) is 0 Å². The third kappa shape index (κ3) is 8.41. The monoisotopic (exact) mass is 557 g/mol. The maximum Gasteiger partial charge on any atom is 0.331 e. The summed E-state index contributed by atoms with van der Waals surface area (Å²) in [6, 6.07) is 4.66.